The molecule has 3 aromatic rings. The van der Waals surface area contributed by atoms with Gasteiger partial charge in [-0.15, -0.1) is 0 Å². The van der Waals surface area contributed by atoms with Crippen LogP contribution in [0.3, 0.4) is 0 Å². The molecule has 7 nitrogen and oxygen atoms in total. The normalized spacial score (nSPS) is 17.4. The zero-order valence-corrected chi connectivity index (χ0v) is 23.8. The maximum atomic E-state index is 14.2. The van der Waals surface area contributed by atoms with Crippen molar-refractivity contribution in [2.45, 2.75) is 64.5 Å². The number of hydrogen-bond donors (Lipinski definition) is 4. The summed E-state index contributed by atoms with van der Waals surface area (Å²) in [5.74, 6) is -1.19. The number of hydroxylamine groups is 1. The largest absolute Gasteiger partial charge is 0.417 e. The maximum absolute atomic E-state index is 14.2. The van der Waals surface area contributed by atoms with E-state index in [4.69, 9.17) is 0 Å². The van der Waals surface area contributed by atoms with Crippen molar-refractivity contribution in [1.29, 1.82) is 0 Å². The van der Waals surface area contributed by atoms with Gasteiger partial charge in [-0.1, -0.05) is 87.5 Å². The molecule has 4 rings (SSSR count). The first-order valence-corrected chi connectivity index (χ1v) is 13.8. The molecule has 0 unspecified atom stereocenters. The molecule has 224 valence electrons. The number of carbonyl (C=O) groups is 2. The van der Waals surface area contributed by atoms with Gasteiger partial charge in [0.2, 0.25) is 11.8 Å². The summed E-state index contributed by atoms with van der Waals surface area (Å²) in [6, 6.07) is 17.5. The van der Waals surface area contributed by atoms with E-state index in [1.54, 1.807) is 35.8 Å². The van der Waals surface area contributed by atoms with Gasteiger partial charge >= 0.3 is 6.18 Å². The van der Waals surface area contributed by atoms with Crippen LogP contribution in [0.1, 0.15) is 55.5 Å². The molecule has 0 saturated heterocycles. The number of rotatable bonds is 9. The molecular formula is C32H36F3N3O4. The number of amides is 2. The lowest BCUT2D eigenvalue weighted by Crippen LogP contribution is -2.52. The number of alkyl halides is 3. The standard InChI is InChI=1S/C32H36F3N3O4/c1-31(2,3)19-36-26(17-28(40)37-42)30(41)38(29-24-10-5-4-8-22(24)16-27(29)39)18-20-12-14-21(15-13-20)23-9-6-7-11-25(23)32(33,34)35/h4-15,26-27,29,36,39,42H,16-19H2,1-3H3,(H,37,40)/t26-,27-,29+/m1/s1. The van der Waals surface area contributed by atoms with Crippen LogP contribution in [0.2, 0.25) is 0 Å². The van der Waals surface area contributed by atoms with E-state index in [-0.39, 0.29) is 23.9 Å². The summed E-state index contributed by atoms with van der Waals surface area (Å²) in [4.78, 5) is 27.9. The minimum absolute atomic E-state index is 0.0323. The third-order valence-corrected chi connectivity index (χ3v) is 7.33. The molecule has 2 amide bonds. The third-order valence-electron chi connectivity index (χ3n) is 7.33. The number of fused-ring (bicyclic) bond motifs is 1. The number of aliphatic hydroxyl groups excluding tert-OH is 1. The second-order valence-corrected chi connectivity index (χ2v) is 11.9. The Morgan fingerprint density at radius 3 is 2.26 bits per heavy atom. The van der Waals surface area contributed by atoms with E-state index in [2.05, 4.69) is 5.32 Å². The summed E-state index contributed by atoms with van der Waals surface area (Å²) >= 11 is 0. The lowest BCUT2D eigenvalue weighted by molar-refractivity contribution is -0.142. The fourth-order valence-electron chi connectivity index (χ4n) is 5.32. The molecule has 3 atom stereocenters. The Hall–Kier alpha value is -3.73. The van der Waals surface area contributed by atoms with Crippen LogP contribution >= 0.6 is 0 Å². The van der Waals surface area contributed by atoms with Gasteiger partial charge in [-0.2, -0.15) is 13.2 Å². The zero-order chi connectivity index (χ0) is 30.7. The Labute approximate surface area is 243 Å². The monoisotopic (exact) mass is 583 g/mol. The van der Waals surface area contributed by atoms with E-state index in [9.17, 15) is 33.1 Å². The fourth-order valence-corrected chi connectivity index (χ4v) is 5.32. The molecule has 0 saturated carbocycles. The van der Waals surface area contributed by atoms with Crippen molar-refractivity contribution in [3.8, 4) is 11.1 Å². The Bertz CT molecular complexity index is 1400. The van der Waals surface area contributed by atoms with E-state index < -0.39 is 41.7 Å². The van der Waals surface area contributed by atoms with Crippen molar-refractivity contribution in [3.05, 3.63) is 95.1 Å². The molecule has 42 heavy (non-hydrogen) atoms. The van der Waals surface area contributed by atoms with Gasteiger partial charge in [-0.3, -0.25) is 14.8 Å². The number of halogens is 3. The van der Waals surface area contributed by atoms with Gasteiger partial charge in [0.25, 0.3) is 0 Å². The highest BCUT2D eigenvalue weighted by atomic mass is 19.4. The van der Waals surface area contributed by atoms with Crippen molar-refractivity contribution < 1.29 is 33.1 Å². The van der Waals surface area contributed by atoms with Crippen LogP contribution in [0.5, 0.6) is 0 Å². The van der Waals surface area contributed by atoms with Crippen molar-refractivity contribution in [2.24, 2.45) is 5.41 Å². The number of hydrogen-bond acceptors (Lipinski definition) is 5. The van der Waals surface area contributed by atoms with Gasteiger partial charge in [-0.25, -0.2) is 5.48 Å². The predicted molar refractivity (Wildman–Crippen MR) is 152 cm³/mol. The first-order valence-electron chi connectivity index (χ1n) is 13.8. The summed E-state index contributed by atoms with van der Waals surface area (Å²) in [6.45, 7) is 6.35. The van der Waals surface area contributed by atoms with Crippen LogP contribution in [-0.4, -0.2) is 45.7 Å². The molecule has 0 aliphatic heterocycles. The van der Waals surface area contributed by atoms with Crippen molar-refractivity contribution in [1.82, 2.24) is 15.7 Å². The molecule has 0 heterocycles. The van der Waals surface area contributed by atoms with Crippen molar-refractivity contribution in [2.75, 3.05) is 6.54 Å². The molecule has 1 aliphatic rings. The van der Waals surface area contributed by atoms with Gasteiger partial charge in [0.15, 0.2) is 0 Å². The van der Waals surface area contributed by atoms with Gasteiger partial charge in [-0.05, 0) is 39.3 Å². The summed E-state index contributed by atoms with van der Waals surface area (Å²) in [6.07, 6.45) is -5.41. The fraction of sp³-hybridized carbons (Fsp3) is 0.375. The molecule has 0 aromatic heterocycles. The third kappa shape index (κ3) is 7.36. The summed E-state index contributed by atoms with van der Waals surface area (Å²) in [7, 11) is 0. The van der Waals surface area contributed by atoms with Crippen LogP contribution < -0.4 is 10.8 Å². The molecule has 0 spiro atoms. The Morgan fingerprint density at radius 2 is 1.62 bits per heavy atom. The second-order valence-electron chi connectivity index (χ2n) is 11.9. The number of nitrogens with one attached hydrogen (secondary N) is 2. The molecule has 4 N–H and O–H groups in total. The molecule has 3 aromatic carbocycles. The highest BCUT2D eigenvalue weighted by molar-refractivity contribution is 5.88. The number of benzene rings is 3. The van der Waals surface area contributed by atoms with Crippen molar-refractivity contribution in [3.63, 3.8) is 0 Å². The number of aliphatic hydroxyl groups is 1. The summed E-state index contributed by atoms with van der Waals surface area (Å²) in [5.41, 5.74) is 3.37. The maximum Gasteiger partial charge on any atom is 0.417 e. The van der Waals surface area contributed by atoms with Crippen LogP contribution in [0.4, 0.5) is 13.2 Å². The topological polar surface area (TPSA) is 102 Å². The van der Waals surface area contributed by atoms with Crippen LogP contribution in [-0.2, 0) is 28.7 Å². The first-order chi connectivity index (χ1) is 19.8. The van der Waals surface area contributed by atoms with Crippen LogP contribution in [0.15, 0.2) is 72.8 Å². The van der Waals surface area contributed by atoms with E-state index in [0.29, 0.717) is 24.1 Å². The van der Waals surface area contributed by atoms with E-state index in [0.717, 1.165) is 17.2 Å². The molecule has 0 fully saturated rings. The SMILES string of the molecule is CC(C)(C)CN[C@H](CC(=O)NO)C(=O)N(Cc1ccc(-c2ccccc2C(F)(F)F)cc1)[C@H]1c2ccccc2C[C@H]1O. The van der Waals surface area contributed by atoms with Gasteiger partial charge in [0.05, 0.1) is 30.2 Å². The molecule has 1 aliphatic carbocycles. The highest BCUT2D eigenvalue weighted by Crippen LogP contribution is 2.39. The van der Waals surface area contributed by atoms with E-state index in [1.165, 1.54) is 17.0 Å². The highest BCUT2D eigenvalue weighted by Gasteiger charge is 2.40. The Balaban J connectivity index is 1.70. The minimum Gasteiger partial charge on any atom is -0.390 e. The first kappa shape index (κ1) is 31.2. The quantitative estimate of drug-likeness (QED) is 0.203. The second kappa shape index (κ2) is 12.6. The summed E-state index contributed by atoms with van der Waals surface area (Å²) in [5, 5.41) is 23.5. The predicted octanol–water partition coefficient (Wildman–Crippen LogP) is 5.26. The van der Waals surface area contributed by atoms with Crippen LogP contribution in [0, 0.1) is 5.41 Å². The Morgan fingerprint density at radius 1 is 0.976 bits per heavy atom. The van der Waals surface area contributed by atoms with Gasteiger partial charge in [0.1, 0.15) is 0 Å². The molecule has 0 radical (unpaired) electrons. The van der Waals surface area contributed by atoms with Gasteiger partial charge in [0, 0.05) is 19.5 Å². The molecule has 0 bridgehead atoms. The van der Waals surface area contributed by atoms with Crippen LogP contribution in [0.25, 0.3) is 11.1 Å². The molecule has 10 heteroatoms. The smallest absolute Gasteiger partial charge is 0.390 e. The lowest BCUT2D eigenvalue weighted by Gasteiger charge is -2.35. The lowest BCUT2D eigenvalue weighted by atomic mass is 9.95. The zero-order valence-electron chi connectivity index (χ0n) is 23.8. The minimum atomic E-state index is -4.51. The Kier molecular flexibility index (Phi) is 9.40. The average molecular weight is 584 g/mol. The van der Waals surface area contributed by atoms with E-state index in [1.807, 2.05) is 45.0 Å². The van der Waals surface area contributed by atoms with E-state index >= 15 is 0 Å². The number of nitrogens with zero attached hydrogens (tertiary/aromatic N) is 1. The average Bonchev–Trinajstić information content (AvgIpc) is 3.28. The van der Waals surface area contributed by atoms with Gasteiger partial charge < -0.3 is 15.3 Å². The summed E-state index contributed by atoms with van der Waals surface area (Å²) < 4.78 is 40.8. The number of carbonyl (C=O) groups excluding carboxylic acids is 2. The molecular weight excluding hydrogens is 547 g/mol. The van der Waals surface area contributed by atoms with Crippen molar-refractivity contribution >= 4 is 11.8 Å².